The van der Waals surface area contributed by atoms with Crippen LogP contribution in [0.4, 0.5) is 5.82 Å². The number of halogens is 1. The van der Waals surface area contributed by atoms with Crippen LogP contribution in [0.2, 0.25) is 5.02 Å². The lowest BCUT2D eigenvalue weighted by Crippen LogP contribution is -2.30. The van der Waals surface area contributed by atoms with Gasteiger partial charge >= 0.3 is 0 Å². The number of thiocarbonyl (C=S) groups is 1. The molecule has 1 aromatic heterocycles. The minimum absolute atomic E-state index is 0.536. The molecule has 0 saturated heterocycles. The summed E-state index contributed by atoms with van der Waals surface area (Å²) in [6, 6.07) is 2.39. The number of hydrogen-bond donors (Lipinski definition) is 2. The van der Waals surface area contributed by atoms with Crippen molar-refractivity contribution >= 4 is 34.7 Å². The largest absolute Gasteiger partial charge is 0.360 e. The maximum Gasteiger partial charge on any atom is 0.172 e. The third-order valence-corrected chi connectivity index (χ3v) is 2.63. The van der Waals surface area contributed by atoms with Gasteiger partial charge < -0.3 is 10.6 Å². The normalized spacial score (nSPS) is 14.8. The summed E-state index contributed by atoms with van der Waals surface area (Å²) in [6.07, 6.45) is 4.14. The quantitative estimate of drug-likeness (QED) is 0.781. The lowest BCUT2D eigenvalue weighted by atomic mass is 10.3. The molecule has 1 fully saturated rings. The summed E-state index contributed by atoms with van der Waals surface area (Å²) < 4.78 is 0. The molecule has 1 aliphatic rings. The summed E-state index contributed by atoms with van der Waals surface area (Å²) >= 11 is 11.1. The molecular formula is C10H12ClN3S. The summed E-state index contributed by atoms with van der Waals surface area (Å²) in [5, 5.41) is 7.34. The Morgan fingerprint density at radius 1 is 1.60 bits per heavy atom. The fraction of sp³-hybridized carbons (Fsp3) is 0.400. The maximum atomic E-state index is 6.01. The third-order valence-electron chi connectivity index (χ3n) is 2.12. The van der Waals surface area contributed by atoms with Gasteiger partial charge in [-0.3, -0.25) is 0 Å². The van der Waals surface area contributed by atoms with Gasteiger partial charge in [0.15, 0.2) is 10.9 Å². The highest BCUT2D eigenvalue weighted by Gasteiger charge is 2.21. The second-order valence-corrected chi connectivity index (χ2v) is 4.53. The second kappa shape index (κ2) is 4.33. The Hall–Kier alpha value is -0.870. The van der Waals surface area contributed by atoms with Gasteiger partial charge in [0.05, 0.1) is 5.02 Å². The zero-order valence-electron chi connectivity index (χ0n) is 8.38. The standard InChI is InChI=1S/C10H12ClN3S/c1-6-4-8(11)9(12-5-6)14-10(15)13-7-2-3-7/h4-5,7H,2-3H2,1H3,(H2,12,13,14,15). The van der Waals surface area contributed by atoms with Crippen molar-refractivity contribution in [2.45, 2.75) is 25.8 Å². The molecule has 0 bridgehead atoms. The van der Waals surface area contributed by atoms with E-state index in [2.05, 4.69) is 15.6 Å². The number of aromatic nitrogens is 1. The fourth-order valence-corrected chi connectivity index (χ4v) is 1.71. The first kappa shape index (κ1) is 10.6. The molecule has 80 valence electrons. The van der Waals surface area contributed by atoms with Gasteiger partial charge in [-0.25, -0.2) is 4.98 Å². The topological polar surface area (TPSA) is 37.0 Å². The summed E-state index contributed by atoms with van der Waals surface area (Å²) in [4.78, 5) is 4.17. The van der Waals surface area contributed by atoms with Crippen molar-refractivity contribution in [2.24, 2.45) is 0 Å². The van der Waals surface area contributed by atoms with Crippen LogP contribution in [0, 0.1) is 6.92 Å². The van der Waals surface area contributed by atoms with Crippen molar-refractivity contribution in [1.82, 2.24) is 10.3 Å². The van der Waals surface area contributed by atoms with E-state index in [1.54, 1.807) is 6.20 Å². The smallest absolute Gasteiger partial charge is 0.172 e. The Morgan fingerprint density at radius 2 is 2.33 bits per heavy atom. The Balaban J connectivity index is 1.99. The van der Waals surface area contributed by atoms with E-state index in [-0.39, 0.29) is 0 Å². The zero-order chi connectivity index (χ0) is 10.8. The minimum atomic E-state index is 0.536. The molecule has 1 aliphatic carbocycles. The Morgan fingerprint density at radius 3 is 2.93 bits per heavy atom. The van der Waals surface area contributed by atoms with Crippen molar-refractivity contribution in [1.29, 1.82) is 0 Å². The highest BCUT2D eigenvalue weighted by Crippen LogP contribution is 2.21. The zero-order valence-corrected chi connectivity index (χ0v) is 9.95. The van der Waals surface area contributed by atoms with E-state index in [1.165, 1.54) is 12.8 Å². The van der Waals surface area contributed by atoms with E-state index in [9.17, 15) is 0 Å². The summed E-state index contributed by atoms with van der Waals surface area (Å²) in [6.45, 7) is 1.95. The van der Waals surface area contributed by atoms with Gasteiger partial charge in [-0.15, -0.1) is 0 Å². The van der Waals surface area contributed by atoms with Crippen LogP contribution in [0.1, 0.15) is 18.4 Å². The van der Waals surface area contributed by atoms with Crippen LogP contribution in [0.3, 0.4) is 0 Å². The first-order chi connectivity index (χ1) is 7.15. The number of hydrogen-bond acceptors (Lipinski definition) is 2. The Labute approximate surface area is 99.2 Å². The molecule has 1 aromatic rings. The van der Waals surface area contributed by atoms with E-state index in [1.807, 2.05) is 13.0 Å². The highest BCUT2D eigenvalue weighted by molar-refractivity contribution is 7.80. The molecule has 0 amide bonds. The summed E-state index contributed by atoms with van der Waals surface area (Å²) in [5.74, 6) is 0.611. The molecule has 0 unspecified atom stereocenters. The number of anilines is 1. The van der Waals surface area contributed by atoms with E-state index < -0.39 is 0 Å². The van der Waals surface area contributed by atoms with Gasteiger partial charge in [-0.2, -0.15) is 0 Å². The first-order valence-electron chi connectivity index (χ1n) is 4.85. The molecular weight excluding hydrogens is 230 g/mol. The van der Waals surface area contributed by atoms with Crippen molar-refractivity contribution in [2.75, 3.05) is 5.32 Å². The first-order valence-corrected chi connectivity index (χ1v) is 5.63. The predicted molar refractivity (Wildman–Crippen MR) is 66.4 cm³/mol. The molecule has 3 nitrogen and oxygen atoms in total. The number of rotatable bonds is 2. The van der Waals surface area contributed by atoms with E-state index in [0.717, 1.165) is 5.56 Å². The molecule has 1 heterocycles. The Kier molecular flexibility index (Phi) is 3.07. The predicted octanol–water partition coefficient (Wildman–Crippen LogP) is 2.49. The molecule has 5 heteroatoms. The number of nitrogens with one attached hydrogen (secondary N) is 2. The van der Waals surface area contributed by atoms with Gasteiger partial charge in [0.25, 0.3) is 0 Å². The van der Waals surface area contributed by atoms with Crippen molar-refractivity contribution in [3.63, 3.8) is 0 Å². The SMILES string of the molecule is Cc1cnc(NC(=S)NC2CC2)c(Cl)c1. The van der Waals surface area contributed by atoms with Gasteiger partial charge in [0, 0.05) is 12.2 Å². The molecule has 1 saturated carbocycles. The van der Waals surface area contributed by atoms with Crippen LogP contribution in [0.25, 0.3) is 0 Å². The fourth-order valence-electron chi connectivity index (χ4n) is 1.18. The average Bonchev–Trinajstić information content (AvgIpc) is 2.94. The van der Waals surface area contributed by atoms with Gasteiger partial charge in [-0.05, 0) is 43.6 Å². The second-order valence-electron chi connectivity index (χ2n) is 3.72. The van der Waals surface area contributed by atoms with Crippen LogP contribution in [0.5, 0.6) is 0 Å². The number of pyridine rings is 1. The van der Waals surface area contributed by atoms with E-state index in [4.69, 9.17) is 23.8 Å². The van der Waals surface area contributed by atoms with Gasteiger partial charge in [0.1, 0.15) is 0 Å². The number of aryl methyl sites for hydroxylation is 1. The monoisotopic (exact) mass is 241 g/mol. The molecule has 15 heavy (non-hydrogen) atoms. The number of nitrogens with zero attached hydrogens (tertiary/aromatic N) is 1. The molecule has 0 aromatic carbocycles. The third kappa shape index (κ3) is 3.04. The molecule has 0 radical (unpaired) electrons. The van der Waals surface area contributed by atoms with Gasteiger partial charge in [-0.1, -0.05) is 11.6 Å². The molecule has 2 N–H and O–H groups in total. The summed E-state index contributed by atoms with van der Waals surface area (Å²) in [5.41, 5.74) is 1.03. The van der Waals surface area contributed by atoms with Crippen LogP contribution in [-0.2, 0) is 0 Å². The summed E-state index contributed by atoms with van der Waals surface area (Å²) in [7, 11) is 0. The van der Waals surface area contributed by atoms with Crippen molar-refractivity contribution in [3.05, 3.63) is 22.8 Å². The minimum Gasteiger partial charge on any atom is -0.360 e. The maximum absolute atomic E-state index is 6.01. The highest BCUT2D eigenvalue weighted by atomic mass is 35.5. The lowest BCUT2D eigenvalue weighted by Gasteiger charge is -2.10. The van der Waals surface area contributed by atoms with E-state index >= 15 is 0 Å². The van der Waals surface area contributed by atoms with Crippen molar-refractivity contribution < 1.29 is 0 Å². The molecule has 0 atom stereocenters. The van der Waals surface area contributed by atoms with Crippen LogP contribution in [-0.4, -0.2) is 16.1 Å². The van der Waals surface area contributed by atoms with Crippen LogP contribution in [0.15, 0.2) is 12.3 Å². The Bertz CT molecular complexity index is 390. The van der Waals surface area contributed by atoms with Crippen molar-refractivity contribution in [3.8, 4) is 0 Å². The molecule has 0 aliphatic heterocycles. The average molecular weight is 242 g/mol. The van der Waals surface area contributed by atoms with Crippen LogP contribution >= 0.6 is 23.8 Å². The molecule has 2 rings (SSSR count). The van der Waals surface area contributed by atoms with E-state index in [0.29, 0.717) is 22.0 Å². The lowest BCUT2D eigenvalue weighted by molar-refractivity contribution is 0.918. The van der Waals surface area contributed by atoms with Gasteiger partial charge in [0.2, 0.25) is 0 Å². The van der Waals surface area contributed by atoms with Crippen LogP contribution < -0.4 is 10.6 Å². The molecule has 0 spiro atoms.